The minimum Gasteiger partial charge on any atom is -0.351 e. The van der Waals surface area contributed by atoms with Crippen molar-refractivity contribution in [1.82, 2.24) is 14.9 Å². The van der Waals surface area contributed by atoms with E-state index in [1.54, 1.807) is 24.7 Å². The molecule has 2 rings (SSSR count). The van der Waals surface area contributed by atoms with Gasteiger partial charge in [0.1, 0.15) is 0 Å². The molecule has 0 spiro atoms. The molecule has 2 aromatic rings. The molecule has 0 saturated heterocycles. The van der Waals surface area contributed by atoms with Gasteiger partial charge in [0.05, 0.1) is 17.6 Å². The smallest absolute Gasteiger partial charge is 0.224 e. The van der Waals surface area contributed by atoms with Crippen LogP contribution in [0.15, 0.2) is 47.9 Å². The Bertz CT molecular complexity index is 737. The number of carbonyl (C=O) groups excluding carboxylic acids is 1. The maximum atomic E-state index is 12.1. The van der Waals surface area contributed by atoms with Gasteiger partial charge >= 0.3 is 0 Å². The van der Waals surface area contributed by atoms with Crippen molar-refractivity contribution in [3.8, 4) is 0 Å². The van der Waals surface area contributed by atoms with Gasteiger partial charge in [-0.1, -0.05) is 19.1 Å². The largest absolute Gasteiger partial charge is 0.351 e. The number of sulfone groups is 1. The number of aromatic nitrogens is 2. The Hall–Kier alpha value is -2.15. The average molecular weight is 335 g/mol. The first-order valence-corrected chi connectivity index (χ1v) is 9.31. The first-order chi connectivity index (χ1) is 10.9. The number of rotatable bonds is 7. The number of amides is 1. The molecule has 1 atom stereocenters. The summed E-state index contributed by atoms with van der Waals surface area (Å²) < 4.78 is 24.8. The quantitative estimate of drug-likeness (QED) is 0.830. The first kappa shape index (κ1) is 17.2. The van der Waals surface area contributed by atoms with Gasteiger partial charge in [0.2, 0.25) is 5.91 Å². The van der Waals surface area contributed by atoms with E-state index in [0.29, 0.717) is 6.54 Å². The van der Waals surface area contributed by atoms with E-state index >= 15 is 0 Å². The van der Waals surface area contributed by atoms with Crippen molar-refractivity contribution in [3.05, 3.63) is 48.5 Å². The second-order valence-electron chi connectivity index (χ2n) is 5.53. The summed E-state index contributed by atoms with van der Waals surface area (Å²) in [4.78, 5) is 16.4. The molecule has 1 heterocycles. The molecule has 1 aromatic heterocycles. The lowest BCUT2D eigenvalue weighted by atomic mass is 10.1. The molecule has 6 nitrogen and oxygen atoms in total. The molecule has 0 radical (unpaired) electrons. The second-order valence-corrected chi connectivity index (χ2v) is 7.54. The Kier molecular flexibility index (Phi) is 5.54. The number of nitrogens with one attached hydrogen (secondary N) is 1. The molecular weight excluding hydrogens is 314 g/mol. The van der Waals surface area contributed by atoms with Gasteiger partial charge in [0.25, 0.3) is 0 Å². The third kappa shape index (κ3) is 5.21. The molecule has 0 aliphatic rings. The molecule has 7 heteroatoms. The summed E-state index contributed by atoms with van der Waals surface area (Å²) in [6, 6.07) is 6.44. The summed E-state index contributed by atoms with van der Waals surface area (Å²) in [5.41, 5.74) is 0.785. The van der Waals surface area contributed by atoms with E-state index in [4.69, 9.17) is 0 Å². The SMILES string of the molecule is CC[C@H](Cn1ccnc1)NC(=O)Cc1ccc(S(C)(=O)=O)cc1. The molecule has 1 amide bonds. The molecule has 0 fully saturated rings. The zero-order valence-electron chi connectivity index (χ0n) is 13.3. The molecule has 0 saturated carbocycles. The Balaban J connectivity index is 1.93. The molecule has 124 valence electrons. The van der Waals surface area contributed by atoms with E-state index in [1.165, 1.54) is 12.1 Å². The molecular formula is C16H21N3O3S. The van der Waals surface area contributed by atoms with E-state index < -0.39 is 9.84 Å². The lowest BCUT2D eigenvalue weighted by Crippen LogP contribution is -2.38. The third-order valence-corrected chi connectivity index (χ3v) is 4.69. The Morgan fingerprint density at radius 1 is 1.30 bits per heavy atom. The van der Waals surface area contributed by atoms with Gasteiger partial charge in [-0.3, -0.25) is 4.79 Å². The van der Waals surface area contributed by atoms with Crippen LogP contribution in [0.3, 0.4) is 0 Å². The van der Waals surface area contributed by atoms with Crippen LogP contribution in [0.1, 0.15) is 18.9 Å². The second kappa shape index (κ2) is 7.41. The number of hydrogen-bond acceptors (Lipinski definition) is 4. The van der Waals surface area contributed by atoms with Crippen LogP contribution in [0, 0.1) is 0 Å². The maximum absolute atomic E-state index is 12.1. The molecule has 0 unspecified atom stereocenters. The van der Waals surface area contributed by atoms with Crippen molar-refractivity contribution < 1.29 is 13.2 Å². The molecule has 1 aromatic carbocycles. The van der Waals surface area contributed by atoms with Crippen molar-refractivity contribution in [1.29, 1.82) is 0 Å². The zero-order valence-corrected chi connectivity index (χ0v) is 14.1. The molecule has 0 aliphatic carbocycles. The van der Waals surface area contributed by atoms with Crippen molar-refractivity contribution >= 4 is 15.7 Å². The monoisotopic (exact) mass is 335 g/mol. The summed E-state index contributed by atoms with van der Waals surface area (Å²) >= 11 is 0. The van der Waals surface area contributed by atoms with Crippen LogP contribution < -0.4 is 5.32 Å². The molecule has 0 aliphatic heterocycles. The van der Waals surface area contributed by atoms with E-state index in [1.807, 2.05) is 17.7 Å². The van der Waals surface area contributed by atoms with Crippen LogP contribution in [0.4, 0.5) is 0 Å². The lowest BCUT2D eigenvalue weighted by molar-refractivity contribution is -0.121. The van der Waals surface area contributed by atoms with Crippen LogP contribution in [-0.2, 0) is 27.6 Å². The Morgan fingerprint density at radius 3 is 2.52 bits per heavy atom. The summed E-state index contributed by atoms with van der Waals surface area (Å²) in [6.07, 6.45) is 7.49. The number of carbonyl (C=O) groups is 1. The molecule has 1 N–H and O–H groups in total. The summed E-state index contributed by atoms with van der Waals surface area (Å²) in [5.74, 6) is -0.0796. The normalized spacial score (nSPS) is 12.8. The minimum absolute atomic E-state index is 0.0343. The van der Waals surface area contributed by atoms with Crippen LogP contribution in [0.25, 0.3) is 0 Å². The minimum atomic E-state index is -3.21. The van der Waals surface area contributed by atoms with Gasteiger partial charge in [-0.15, -0.1) is 0 Å². The van der Waals surface area contributed by atoms with Crippen molar-refractivity contribution in [3.63, 3.8) is 0 Å². The van der Waals surface area contributed by atoms with Gasteiger partial charge in [0.15, 0.2) is 9.84 Å². The first-order valence-electron chi connectivity index (χ1n) is 7.42. The van der Waals surface area contributed by atoms with E-state index in [-0.39, 0.29) is 23.3 Å². The van der Waals surface area contributed by atoms with E-state index in [0.717, 1.165) is 18.2 Å². The van der Waals surface area contributed by atoms with Gasteiger partial charge in [-0.05, 0) is 24.1 Å². The predicted molar refractivity (Wildman–Crippen MR) is 87.7 cm³/mol. The summed E-state index contributed by atoms with van der Waals surface area (Å²) in [6.45, 7) is 2.69. The lowest BCUT2D eigenvalue weighted by Gasteiger charge is -2.17. The maximum Gasteiger partial charge on any atom is 0.224 e. The van der Waals surface area contributed by atoms with Crippen molar-refractivity contribution in [2.45, 2.75) is 37.2 Å². The van der Waals surface area contributed by atoms with Crippen LogP contribution in [-0.4, -0.2) is 36.2 Å². The average Bonchev–Trinajstić information content (AvgIpc) is 2.99. The summed E-state index contributed by atoms with van der Waals surface area (Å²) in [5, 5.41) is 2.99. The van der Waals surface area contributed by atoms with Gasteiger partial charge in [0, 0.05) is 31.2 Å². The fraction of sp³-hybridized carbons (Fsp3) is 0.375. The van der Waals surface area contributed by atoms with Gasteiger partial charge in [-0.2, -0.15) is 0 Å². The number of nitrogens with zero attached hydrogens (tertiary/aromatic N) is 2. The fourth-order valence-electron chi connectivity index (χ4n) is 2.24. The van der Waals surface area contributed by atoms with Crippen molar-refractivity contribution in [2.75, 3.05) is 6.26 Å². The van der Waals surface area contributed by atoms with E-state index in [9.17, 15) is 13.2 Å². The van der Waals surface area contributed by atoms with Crippen LogP contribution in [0.2, 0.25) is 0 Å². The fourth-order valence-corrected chi connectivity index (χ4v) is 2.88. The number of benzene rings is 1. The molecule has 0 bridgehead atoms. The summed E-state index contributed by atoms with van der Waals surface area (Å²) in [7, 11) is -3.21. The standard InChI is InChI=1S/C16H21N3O3S/c1-3-14(11-19-9-8-17-12-19)18-16(20)10-13-4-6-15(7-5-13)23(2,21)22/h4-9,12,14H,3,10-11H2,1-2H3,(H,18,20)/t14-/m1/s1. The van der Waals surface area contributed by atoms with Crippen molar-refractivity contribution in [2.24, 2.45) is 0 Å². The van der Waals surface area contributed by atoms with Gasteiger partial charge < -0.3 is 9.88 Å². The third-order valence-electron chi connectivity index (χ3n) is 3.56. The zero-order chi connectivity index (χ0) is 16.9. The highest BCUT2D eigenvalue weighted by atomic mass is 32.2. The number of hydrogen-bond donors (Lipinski definition) is 1. The van der Waals surface area contributed by atoms with Gasteiger partial charge in [-0.25, -0.2) is 13.4 Å². The highest BCUT2D eigenvalue weighted by Gasteiger charge is 2.12. The van der Waals surface area contributed by atoms with E-state index in [2.05, 4.69) is 10.3 Å². The highest BCUT2D eigenvalue weighted by molar-refractivity contribution is 7.90. The number of imidazole rings is 1. The Morgan fingerprint density at radius 2 is 2.00 bits per heavy atom. The van der Waals surface area contributed by atoms with Crippen LogP contribution in [0.5, 0.6) is 0 Å². The highest BCUT2D eigenvalue weighted by Crippen LogP contribution is 2.11. The molecule has 23 heavy (non-hydrogen) atoms. The van der Waals surface area contributed by atoms with Crippen LogP contribution >= 0.6 is 0 Å². The topological polar surface area (TPSA) is 81.1 Å². The Labute approximate surface area is 136 Å². The predicted octanol–water partition coefficient (Wildman–Crippen LogP) is 1.42.